The number of likely N-dealkylation sites (N-methyl/N-ethyl adjacent to an activating group) is 1. The average molecular weight is 414 g/mol. The number of carbonyl (C=O) groups excluding carboxylic acids is 2. The molecule has 0 saturated heterocycles. The summed E-state index contributed by atoms with van der Waals surface area (Å²) in [7, 11) is 1.62. The van der Waals surface area contributed by atoms with Gasteiger partial charge in [-0.15, -0.1) is 0 Å². The van der Waals surface area contributed by atoms with Crippen LogP contribution in [-0.2, 0) is 14.3 Å². The third-order valence-electron chi connectivity index (χ3n) is 5.29. The van der Waals surface area contributed by atoms with Gasteiger partial charge in [-0.1, -0.05) is 98.3 Å². The number of unbranched alkanes of at least 4 members (excludes halogenated alkanes) is 11. The van der Waals surface area contributed by atoms with Gasteiger partial charge in [-0.2, -0.15) is 0 Å². The number of carbonyl (C=O) groups is 2. The molecule has 0 heterocycles. The molecule has 1 unspecified atom stereocenters. The van der Waals surface area contributed by atoms with Crippen LogP contribution in [0.15, 0.2) is 0 Å². The van der Waals surface area contributed by atoms with Gasteiger partial charge in [0.2, 0.25) is 0 Å². The van der Waals surface area contributed by atoms with Crippen molar-refractivity contribution in [2.45, 2.75) is 117 Å². The minimum atomic E-state index is -0.600. The van der Waals surface area contributed by atoms with E-state index in [9.17, 15) is 9.59 Å². The Kier molecular flexibility index (Phi) is 17.9. The summed E-state index contributed by atoms with van der Waals surface area (Å²) in [6.07, 6.45) is 14.8. The molecule has 5 heteroatoms. The first-order chi connectivity index (χ1) is 14.0. The second-order valence-corrected chi connectivity index (χ2v) is 8.47. The summed E-state index contributed by atoms with van der Waals surface area (Å²) in [6, 6.07) is -0.600. The summed E-state index contributed by atoms with van der Waals surface area (Å²) in [5.74, 6) is -0.353. The van der Waals surface area contributed by atoms with Crippen LogP contribution < -0.4 is 0 Å². The van der Waals surface area contributed by atoms with Crippen molar-refractivity contribution in [2.75, 3.05) is 20.3 Å². The Morgan fingerprint density at radius 3 is 1.59 bits per heavy atom. The van der Waals surface area contributed by atoms with Crippen molar-refractivity contribution in [3.63, 3.8) is 0 Å². The number of hydrogen-bond donors (Lipinski definition) is 0. The van der Waals surface area contributed by atoms with Gasteiger partial charge in [-0.25, -0.2) is 9.59 Å². The molecule has 0 aliphatic carbocycles. The highest BCUT2D eigenvalue weighted by atomic mass is 16.6. The normalized spacial score (nSPS) is 12.1. The van der Waals surface area contributed by atoms with Crippen LogP contribution in [0.3, 0.4) is 0 Å². The van der Waals surface area contributed by atoms with Gasteiger partial charge >= 0.3 is 12.1 Å². The van der Waals surface area contributed by atoms with Crippen LogP contribution >= 0.6 is 0 Å². The molecule has 29 heavy (non-hydrogen) atoms. The highest BCUT2D eigenvalue weighted by molar-refractivity contribution is 5.81. The molecular weight excluding hydrogens is 366 g/mol. The molecule has 0 aliphatic rings. The summed E-state index contributed by atoms with van der Waals surface area (Å²) < 4.78 is 10.8. The molecule has 0 aromatic rings. The van der Waals surface area contributed by atoms with E-state index < -0.39 is 12.1 Å². The molecule has 0 spiro atoms. The summed E-state index contributed by atoms with van der Waals surface area (Å²) in [5, 5.41) is 0. The van der Waals surface area contributed by atoms with Crippen molar-refractivity contribution >= 4 is 12.1 Å². The predicted octanol–water partition coefficient (Wildman–Crippen LogP) is 6.73. The summed E-state index contributed by atoms with van der Waals surface area (Å²) in [5.41, 5.74) is 0. The third-order valence-corrected chi connectivity index (χ3v) is 5.29. The predicted molar refractivity (Wildman–Crippen MR) is 120 cm³/mol. The number of hydrogen-bond acceptors (Lipinski definition) is 4. The number of nitrogens with zero attached hydrogens (tertiary/aromatic N) is 1. The van der Waals surface area contributed by atoms with Crippen LogP contribution in [0.25, 0.3) is 0 Å². The molecule has 5 nitrogen and oxygen atoms in total. The van der Waals surface area contributed by atoms with Gasteiger partial charge in [0.05, 0.1) is 13.2 Å². The van der Waals surface area contributed by atoms with E-state index in [0.717, 1.165) is 38.5 Å². The van der Waals surface area contributed by atoms with E-state index in [4.69, 9.17) is 9.47 Å². The average Bonchev–Trinajstić information content (AvgIpc) is 2.68. The van der Waals surface area contributed by atoms with E-state index in [1.807, 2.05) is 13.8 Å². The van der Waals surface area contributed by atoms with Gasteiger partial charge in [0.1, 0.15) is 6.04 Å². The Labute approximate surface area is 179 Å². The molecule has 0 aromatic heterocycles. The lowest BCUT2D eigenvalue weighted by Crippen LogP contribution is -2.46. The molecule has 0 rings (SSSR count). The monoisotopic (exact) mass is 413 g/mol. The zero-order valence-electron chi connectivity index (χ0n) is 19.8. The van der Waals surface area contributed by atoms with E-state index in [2.05, 4.69) is 13.8 Å². The van der Waals surface area contributed by atoms with Gasteiger partial charge in [0.15, 0.2) is 0 Å². The number of esters is 1. The van der Waals surface area contributed by atoms with Crippen LogP contribution in [-0.4, -0.2) is 43.3 Å². The second kappa shape index (κ2) is 18.7. The number of ether oxygens (including phenoxy) is 2. The first kappa shape index (κ1) is 27.7. The Bertz CT molecular complexity index is 412. The number of rotatable bonds is 18. The third kappa shape index (κ3) is 14.4. The quantitative estimate of drug-likeness (QED) is 0.184. The Morgan fingerprint density at radius 1 is 0.690 bits per heavy atom. The fraction of sp³-hybridized carbons (Fsp3) is 0.917. The Balaban J connectivity index is 4.05. The van der Waals surface area contributed by atoms with Gasteiger partial charge in [0, 0.05) is 7.05 Å². The first-order valence-corrected chi connectivity index (χ1v) is 12.0. The van der Waals surface area contributed by atoms with E-state index in [1.165, 1.54) is 49.8 Å². The van der Waals surface area contributed by atoms with Crippen molar-refractivity contribution in [2.24, 2.45) is 5.92 Å². The highest BCUT2D eigenvalue weighted by Gasteiger charge is 2.32. The van der Waals surface area contributed by atoms with Crippen molar-refractivity contribution < 1.29 is 19.1 Å². The van der Waals surface area contributed by atoms with E-state index >= 15 is 0 Å². The molecule has 172 valence electrons. The summed E-state index contributed by atoms with van der Waals surface area (Å²) in [6.45, 7) is 9.07. The van der Waals surface area contributed by atoms with Crippen molar-refractivity contribution in [3.8, 4) is 0 Å². The van der Waals surface area contributed by atoms with Crippen LogP contribution in [0.1, 0.15) is 111 Å². The maximum absolute atomic E-state index is 12.5. The molecule has 0 aromatic carbocycles. The van der Waals surface area contributed by atoms with Gasteiger partial charge in [0.25, 0.3) is 0 Å². The Hall–Kier alpha value is -1.26. The minimum Gasteiger partial charge on any atom is -0.464 e. The molecule has 0 bridgehead atoms. The lowest BCUT2D eigenvalue weighted by Gasteiger charge is -2.28. The second-order valence-electron chi connectivity index (χ2n) is 8.47. The molecular formula is C24H47NO4. The van der Waals surface area contributed by atoms with Gasteiger partial charge in [-0.3, -0.25) is 4.90 Å². The van der Waals surface area contributed by atoms with Crippen LogP contribution in [0, 0.1) is 5.92 Å². The molecule has 1 atom stereocenters. The summed E-state index contributed by atoms with van der Waals surface area (Å²) in [4.78, 5) is 26.2. The van der Waals surface area contributed by atoms with Crippen LogP contribution in [0.2, 0.25) is 0 Å². The fourth-order valence-corrected chi connectivity index (χ4v) is 3.45. The standard InChI is InChI=1S/C24H47NO4/c1-6-8-10-12-13-14-15-16-18-19-28-23(26)22(21(3)4)25(5)24(27)29-20-17-11-9-7-2/h21-22H,6-20H2,1-5H3. The maximum Gasteiger partial charge on any atom is 0.410 e. The zero-order valence-corrected chi connectivity index (χ0v) is 19.8. The van der Waals surface area contributed by atoms with Gasteiger partial charge in [-0.05, 0) is 18.8 Å². The van der Waals surface area contributed by atoms with E-state index in [-0.39, 0.29) is 11.9 Å². The lowest BCUT2D eigenvalue weighted by atomic mass is 10.0. The SMILES string of the molecule is CCCCCCCCCCCOC(=O)C(C(C)C)N(C)C(=O)OCCCCCC. The topological polar surface area (TPSA) is 55.8 Å². The van der Waals surface area contributed by atoms with Crippen LogP contribution in [0.5, 0.6) is 0 Å². The molecule has 0 aliphatic heterocycles. The lowest BCUT2D eigenvalue weighted by molar-refractivity contribution is -0.150. The number of amides is 1. The minimum absolute atomic E-state index is 0.0248. The molecule has 1 amide bonds. The molecule has 0 radical (unpaired) electrons. The molecule has 0 N–H and O–H groups in total. The largest absolute Gasteiger partial charge is 0.464 e. The molecule has 0 saturated carbocycles. The van der Waals surface area contributed by atoms with Crippen molar-refractivity contribution in [3.05, 3.63) is 0 Å². The fourth-order valence-electron chi connectivity index (χ4n) is 3.45. The zero-order chi connectivity index (χ0) is 21.9. The van der Waals surface area contributed by atoms with E-state index in [0.29, 0.717) is 13.2 Å². The highest BCUT2D eigenvalue weighted by Crippen LogP contribution is 2.14. The van der Waals surface area contributed by atoms with Crippen molar-refractivity contribution in [1.29, 1.82) is 0 Å². The van der Waals surface area contributed by atoms with Crippen LogP contribution in [0.4, 0.5) is 4.79 Å². The van der Waals surface area contributed by atoms with E-state index in [1.54, 1.807) is 7.05 Å². The maximum atomic E-state index is 12.5. The smallest absolute Gasteiger partial charge is 0.410 e. The first-order valence-electron chi connectivity index (χ1n) is 12.0. The van der Waals surface area contributed by atoms with Crippen molar-refractivity contribution in [1.82, 2.24) is 4.90 Å². The van der Waals surface area contributed by atoms with Gasteiger partial charge < -0.3 is 9.47 Å². The summed E-state index contributed by atoms with van der Waals surface area (Å²) >= 11 is 0. The molecule has 0 fully saturated rings. The Morgan fingerprint density at radius 2 is 1.10 bits per heavy atom.